The molecule has 0 aromatic heterocycles. The Hall–Kier alpha value is -0.120. The Morgan fingerprint density at radius 1 is 1.29 bits per heavy atom. The maximum atomic E-state index is 10.2. The molecular weight excluding hydrogens is 214 g/mol. The molecule has 5 atom stereocenters. The van der Waals surface area contributed by atoms with Crippen molar-refractivity contribution < 1.29 is 9.84 Å². The summed E-state index contributed by atoms with van der Waals surface area (Å²) >= 11 is 0. The molecule has 1 N–H and O–H groups in total. The highest BCUT2D eigenvalue weighted by molar-refractivity contribution is 4.86. The van der Waals surface area contributed by atoms with Crippen molar-refractivity contribution in [3.8, 4) is 0 Å². The summed E-state index contributed by atoms with van der Waals surface area (Å²) in [5, 5.41) is 10.2. The molecule has 1 heterocycles. The van der Waals surface area contributed by atoms with Crippen LogP contribution in [0.2, 0.25) is 0 Å². The van der Waals surface area contributed by atoms with E-state index in [4.69, 9.17) is 4.74 Å². The highest BCUT2D eigenvalue weighted by Gasteiger charge is 2.34. The molecule has 1 aliphatic carbocycles. The van der Waals surface area contributed by atoms with E-state index in [1.165, 1.54) is 6.42 Å². The number of nitrogens with zero attached hydrogens (tertiary/aromatic N) is 1. The molecule has 2 fully saturated rings. The number of hydrogen-bond donors (Lipinski definition) is 1. The SMILES string of the molecule is CC1CC(C)C(CN(C)C2CCOC2)C(O)C1. The van der Waals surface area contributed by atoms with Crippen LogP contribution >= 0.6 is 0 Å². The average molecular weight is 241 g/mol. The van der Waals surface area contributed by atoms with Crippen LogP contribution in [-0.2, 0) is 4.74 Å². The minimum atomic E-state index is -0.112. The molecule has 0 aromatic carbocycles. The zero-order valence-corrected chi connectivity index (χ0v) is 11.4. The van der Waals surface area contributed by atoms with Crippen molar-refractivity contribution in [3.05, 3.63) is 0 Å². The van der Waals surface area contributed by atoms with Gasteiger partial charge in [0, 0.05) is 25.1 Å². The molecule has 0 radical (unpaired) electrons. The standard InChI is InChI=1S/C14H27NO2/c1-10-6-11(2)13(14(16)7-10)8-15(3)12-4-5-17-9-12/h10-14,16H,4-9H2,1-3H3. The molecule has 0 spiro atoms. The van der Waals surface area contributed by atoms with Gasteiger partial charge in [-0.2, -0.15) is 0 Å². The van der Waals surface area contributed by atoms with Crippen LogP contribution in [0.5, 0.6) is 0 Å². The number of ether oxygens (including phenoxy) is 1. The second-order valence-corrected chi connectivity index (χ2v) is 6.24. The first-order valence-corrected chi connectivity index (χ1v) is 7.04. The van der Waals surface area contributed by atoms with Crippen molar-refractivity contribution in [1.82, 2.24) is 4.90 Å². The first kappa shape index (κ1) is 13.3. The third-order valence-corrected chi connectivity index (χ3v) is 4.67. The summed E-state index contributed by atoms with van der Waals surface area (Å²) in [7, 11) is 2.18. The lowest BCUT2D eigenvalue weighted by atomic mass is 9.73. The smallest absolute Gasteiger partial charge is 0.0622 e. The van der Waals surface area contributed by atoms with E-state index in [2.05, 4.69) is 25.8 Å². The predicted octanol–water partition coefficient (Wildman–Crippen LogP) is 1.75. The third-order valence-electron chi connectivity index (χ3n) is 4.67. The molecule has 3 nitrogen and oxygen atoms in total. The van der Waals surface area contributed by atoms with Crippen molar-refractivity contribution in [2.45, 2.75) is 45.3 Å². The van der Waals surface area contributed by atoms with Gasteiger partial charge in [0.25, 0.3) is 0 Å². The summed E-state index contributed by atoms with van der Waals surface area (Å²) in [6.07, 6.45) is 3.27. The molecule has 2 rings (SSSR count). The molecule has 3 heteroatoms. The van der Waals surface area contributed by atoms with Crippen LogP contribution in [0.3, 0.4) is 0 Å². The van der Waals surface area contributed by atoms with Crippen molar-refractivity contribution >= 4 is 0 Å². The van der Waals surface area contributed by atoms with Gasteiger partial charge in [0.15, 0.2) is 0 Å². The number of hydrogen-bond acceptors (Lipinski definition) is 3. The van der Waals surface area contributed by atoms with E-state index in [0.29, 0.717) is 23.8 Å². The Labute approximate surface area is 105 Å². The fourth-order valence-electron chi connectivity index (χ4n) is 3.52. The Morgan fingerprint density at radius 3 is 2.65 bits per heavy atom. The fourth-order valence-corrected chi connectivity index (χ4v) is 3.52. The maximum absolute atomic E-state index is 10.2. The first-order chi connectivity index (χ1) is 8.08. The second-order valence-electron chi connectivity index (χ2n) is 6.24. The fraction of sp³-hybridized carbons (Fsp3) is 1.00. The number of aliphatic hydroxyl groups is 1. The van der Waals surface area contributed by atoms with E-state index >= 15 is 0 Å². The minimum Gasteiger partial charge on any atom is -0.393 e. The lowest BCUT2D eigenvalue weighted by Crippen LogP contribution is -2.44. The van der Waals surface area contributed by atoms with E-state index in [1.807, 2.05) is 0 Å². The number of aliphatic hydroxyl groups excluding tert-OH is 1. The molecule has 17 heavy (non-hydrogen) atoms. The van der Waals surface area contributed by atoms with Gasteiger partial charge in [-0.1, -0.05) is 13.8 Å². The zero-order chi connectivity index (χ0) is 12.4. The van der Waals surface area contributed by atoms with Crippen LogP contribution in [0.25, 0.3) is 0 Å². The Bertz CT molecular complexity index is 228. The molecule has 1 saturated heterocycles. The highest BCUT2D eigenvalue weighted by Crippen LogP contribution is 2.34. The zero-order valence-electron chi connectivity index (χ0n) is 11.4. The first-order valence-electron chi connectivity index (χ1n) is 7.04. The van der Waals surface area contributed by atoms with Gasteiger partial charge < -0.3 is 14.7 Å². The minimum absolute atomic E-state index is 0.112. The Balaban J connectivity index is 1.88. The summed E-state index contributed by atoms with van der Waals surface area (Å²) in [6, 6.07) is 0.564. The normalized spacial score (nSPS) is 43.2. The highest BCUT2D eigenvalue weighted by atomic mass is 16.5. The van der Waals surface area contributed by atoms with Gasteiger partial charge in [0.2, 0.25) is 0 Å². The van der Waals surface area contributed by atoms with Crippen molar-refractivity contribution in [3.63, 3.8) is 0 Å². The van der Waals surface area contributed by atoms with Crippen LogP contribution in [-0.4, -0.2) is 49.0 Å². The van der Waals surface area contributed by atoms with E-state index in [0.717, 1.165) is 32.6 Å². The maximum Gasteiger partial charge on any atom is 0.0622 e. The molecule has 1 aliphatic heterocycles. The lowest BCUT2D eigenvalue weighted by molar-refractivity contribution is -0.00478. The molecule has 0 aromatic rings. The summed E-state index contributed by atoms with van der Waals surface area (Å²) in [4.78, 5) is 2.40. The van der Waals surface area contributed by atoms with E-state index < -0.39 is 0 Å². The van der Waals surface area contributed by atoms with Crippen LogP contribution in [0.4, 0.5) is 0 Å². The summed E-state index contributed by atoms with van der Waals surface area (Å²) in [5.74, 6) is 1.76. The largest absolute Gasteiger partial charge is 0.393 e. The van der Waals surface area contributed by atoms with E-state index in [9.17, 15) is 5.11 Å². The lowest BCUT2D eigenvalue weighted by Gasteiger charge is -2.40. The molecule has 1 saturated carbocycles. The van der Waals surface area contributed by atoms with Crippen LogP contribution < -0.4 is 0 Å². The van der Waals surface area contributed by atoms with Gasteiger partial charge >= 0.3 is 0 Å². The molecular formula is C14H27NO2. The molecule has 2 aliphatic rings. The van der Waals surface area contributed by atoms with Gasteiger partial charge in [-0.3, -0.25) is 0 Å². The van der Waals surface area contributed by atoms with Crippen molar-refractivity contribution in [1.29, 1.82) is 0 Å². The molecule has 0 bridgehead atoms. The van der Waals surface area contributed by atoms with Gasteiger partial charge in [-0.25, -0.2) is 0 Å². The number of likely N-dealkylation sites (N-methyl/N-ethyl adjacent to an activating group) is 1. The van der Waals surface area contributed by atoms with Crippen LogP contribution in [0.15, 0.2) is 0 Å². The van der Waals surface area contributed by atoms with Crippen LogP contribution in [0.1, 0.15) is 33.1 Å². The Morgan fingerprint density at radius 2 is 2.06 bits per heavy atom. The third kappa shape index (κ3) is 3.21. The molecule has 0 amide bonds. The van der Waals surface area contributed by atoms with Crippen molar-refractivity contribution in [2.75, 3.05) is 26.8 Å². The molecule has 5 unspecified atom stereocenters. The average Bonchev–Trinajstić information content (AvgIpc) is 2.76. The van der Waals surface area contributed by atoms with Crippen molar-refractivity contribution in [2.24, 2.45) is 17.8 Å². The van der Waals surface area contributed by atoms with Gasteiger partial charge in [-0.05, 0) is 38.1 Å². The van der Waals surface area contributed by atoms with E-state index in [-0.39, 0.29) is 6.10 Å². The topological polar surface area (TPSA) is 32.7 Å². The second kappa shape index (κ2) is 5.68. The summed E-state index contributed by atoms with van der Waals surface area (Å²) < 4.78 is 5.43. The van der Waals surface area contributed by atoms with E-state index in [1.54, 1.807) is 0 Å². The van der Waals surface area contributed by atoms with Crippen LogP contribution in [0, 0.1) is 17.8 Å². The summed E-state index contributed by atoms with van der Waals surface area (Å²) in [5.41, 5.74) is 0. The quantitative estimate of drug-likeness (QED) is 0.817. The van der Waals surface area contributed by atoms with Gasteiger partial charge in [0.05, 0.1) is 12.7 Å². The van der Waals surface area contributed by atoms with Gasteiger partial charge in [-0.15, -0.1) is 0 Å². The number of rotatable bonds is 3. The predicted molar refractivity (Wildman–Crippen MR) is 68.9 cm³/mol. The Kier molecular flexibility index (Phi) is 4.45. The molecule has 100 valence electrons. The monoisotopic (exact) mass is 241 g/mol. The van der Waals surface area contributed by atoms with Gasteiger partial charge in [0.1, 0.15) is 0 Å². The summed E-state index contributed by atoms with van der Waals surface area (Å²) in [6.45, 7) is 7.33.